The van der Waals surface area contributed by atoms with Crippen LogP contribution < -0.4 is 10.6 Å². The summed E-state index contributed by atoms with van der Waals surface area (Å²) in [5.74, 6) is 1.90. The smallest absolute Gasteiger partial charge is 0.234 e. The minimum Gasteiger partial charge on any atom is -0.352 e. The van der Waals surface area contributed by atoms with Crippen LogP contribution in [0.15, 0.2) is 22.8 Å². The number of amides is 2. The number of nitrogens with zero attached hydrogens (tertiary/aromatic N) is 2. The number of aromatic nitrogens is 1. The van der Waals surface area contributed by atoms with E-state index in [2.05, 4.69) is 50.3 Å². The third kappa shape index (κ3) is 5.77. The minimum absolute atomic E-state index is 0.0175. The van der Waals surface area contributed by atoms with E-state index in [9.17, 15) is 9.59 Å². The lowest BCUT2D eigenvalue weighted by Crippen LogP contribution is -2.49. The summed E-state index contributed by atoms with van der Waals surface area (Å²) in [6.45, 7) is 6.51. The molecule has 0 radical (unpaired) electrons. The van der Waals surface area contributed by atoms with Crippen LogP contribution in [0.5, 0.6) is 0 Å². The summed E-state index contributed by atoms with van der Waals surface area (Å²) in [6.07, 6.45) is 6.76. The van der Waals surface area contributed by atoms with Gasteiger partial charge in [0.25, 0.3) is 0 Å². The fraction of sp³-hybridized carbons (Fsp3) is 0.667. The van der Waals surface area contributed by atoms with Gasteiger partial charge in [0.1, 0.15) is 5.82 Å². The molecule has 0 bridgehead atoms. The van der Waals surface area contributed by atoms with Crippen molar-refractivity contribution in [1.82, 2.24) is 15.2 Å². The van der Waals surface area contributed by atoms with Crippen molar-refractivity contribution >= 4 is 33.6 Å². The van der Waals surface area contributed by atoms with E-state index in [1.807, 2.05) is 6.07 Å². The number of hydrogen-bond donors (Lipinski definition) is 2. The van der Waals surface area contributed by atoms with Crippen LogP contribution in [-0.4, -0.2) is 47.4 Å². The van der Waals surface area contributed by atoms with Crippen molar-refractivity contribution in [2.24, 2.45) is 17.8 Å². The fourth-order valence-corrected chi connectivity index (χ4v) is 4.51. The Bertz CT molecular complexity index is 673. The van der Waals surface area contributed by atoms with Gasteiger partial charge >= 0.3 is 0 Å². The molecule has 7 heteroatoms. The molecule has 1 aliphatic carbocycles. The third-order valence-corrected chi connectivity index (χ3v) is 6.83. The minimum atomic E-state index is -0.0241. The molecule has 3 atom stereocenters. The second-order valence-corrected chi connectivity index (χ2v) is 9.26. The molecule has 3 unspecified atom stereocenters. The van der Waals surface area contributed by atoms with Crippen LogP contribution in [0.4, 0.5) is 5.82 Å². The maximum Gasteiger partial charge on any atom is 0.234 e. The quantitative estimate of drug-likeness (QED) is 0.720. The molecule has 1 saturated carbocycles. The molecule has 1 saturated heterocycles. The number of halogens is 1. The van der Waals surface area contributed by atoms with Crippen molar-refractivity contribution in [1.29, 1.82) is 0 Å². The fourth-order valence-electron chi connectivity index (χ4n) is 4.27. The molecule has 0 aromatic carbocycles. The number of carbonyl (C=O) groups is 2. The maximum atomic E-state index is 12.5. The summed E-state index contributed by atoms with van der Waals surface area (Å²) in [6, 6.07) is 3.95. The Kier molecular flexibility index (Phi) is 7.46. The Morgan fingerprint density at radius 3 is 2.61 bits per heavy atom. The molecule has 1 aromatic rings. The average Bonchev–Trinajstić information content (AvgIpc) is 2.68. The average molecular weight is 451 g/mol. The second kappa shape index (κ2) is 9.83. The van der Waals surface area contributed by atoms with Crippen molar-refractivity contribution in [2.75, 3.05) is 25.0 Å². The molecular formula is C21H31BrN4O2. The number of likely N-dealkylation sites (tertiary alicyclic amines) is 1. The first-order valence-corrected chi connectivity index (χ1v) is 11.2. The van der Waals surface area contributed by atoms with Gasteiger partial charge in [0.15, 0.2) is 0 Å². The Balaban J connectivity index is 1.40. The highest BCUT2D eigenvalue weighted by Crippen LogP contribution is 2.29. The first-order chi connectivity index (χ1) is 13.4. The zero-order chi connectivity index (χ0) is 20.1. The molecule has 6 nitrogen and oxygen atoms in total. The van der Waals surface area contributed by atoms with Crippen LogP contribution in [0.2, 0.25) is 0 Å². The predicted molar refractivity (Wildman–Crippen MR) is 114 cm³/mol. The van der Waals surface area contributed by atoms with Crippen LogP contribution in [0, 0.1) is 17.8 Å². The topological polar surface area (TPSA) is 74.3 Å². The van der Waals surface area contributed by atoms with Crippen molar-refractivity contribution in [2.45, 2.75) is 52.0 Å². The summed E-state index contributed by atoms with van der Waals surface area (Å²) in [4.78, 5) is 31.3. The summed E-state index contributed by atoms with van der Waals surface area (Å²) in [7, 11) is 0. The molecule has 2 aliphatic rings. The molecule has 154 valence electrons. The molecule has 0 spiro atoms. The van der Waals surface area contributed by atoms with Crippen molar-refractivity contribution in [3.05, 3.63) is 22.8 Å². The molecule has 1 aromatic heterocycles. The van der Waals surface area contributed by atoms with Crippen LogP contribution in [-0.2, 0) is 9.59 Å². The lowest BCUT2D eigenvalue weighted by Gasteiger charge is -2.36. The van der Waals surface area contributed by atoms with Gasteiger partial charge in [-0.3, -0.25) is 14.5 Å². The van der Waals surface area contributed by atoms with Gasteiger partial charge in [0.05, 0.1) is 6.54 Å². The summed E-state index contributed by atoms with van der Waals surface area (Å²) in [5.41, 5.74) is 0. The Morgan fingerprint density at radius 2 is 1.93 bits per heavy atom. The Morgan fingerprint density at radius 1 is 1.18 bits per heavy atom. The molecule has 2 N–H and O–H groups in total. The van der Waals surface area contributed by atoms with E-state index in [0.29, 0.717) is 30.2 Å². The number of rotatable bonds is 5. The molecule has 2 amide bonds. The van der Waals surface area contributed by atoms with E-state index in [4.69, 9.17) is 0 Å². The highest BCUT2D eigenvalue weighted by Gasteiger charge is 2.30. The van der Waals surface area contributed by atoms with Gasteiger partial charge in [0.2, 0.25) is 11.8 Å². The van der Waals surface area contributed by atoms with Gasteiger partial charge in [-0.1, -0.05) is 26.7 Å². The Labute approximate surface area is 176 Å². The van der Waals surface area contributed by atoms with E-state index in [1.165, 1.54) is 12.8 Å². The highest BCUT2D eigenvalue weighted by molar-refractivity contribution is 9.10. The van der Waals surface area contributed by atoms with Crippen molar-refractivity contribution in [3.8, 4) is 0 Å². The van der Waals surface area contributed by atoms with Crippen LogP contribution in [0.1, 0.15) is 46.0 Å². The zero-order valence-electron chi connectivity index (χ0n) is 16.8. The van der Waals surface area contributed by atoms with E-state index < -0.39 is 0 Å². The van der Waals surface area contributed by atoms with Crippen LogP contribution in [0.25, 0.3) is 0 Å². The van der Waals surface area contributed by atoms with Crippen LogP contribution in [0.3, 0.4) is 0 Å². The lowest BCUT2D eigenvalue weighted by atomic mass is 9.78. The molecule has 1 aliphatic heterocycles. The Hall–Kier alpha value is -1.47. The monoisotopic (exact) mass is 450 g/mol. The van der Waals surface area contributed by atoms with E-state index in [0.717, 1.165) is 36.8 Å². The summed E-state index contributed by atoms with van der Waals surface area (Å²) < 4.78 is 0.883. The van der Waals surface area contributed by atoms with Gasteiger partial charge in [0, 0.05) is 22.6 Å². The predicted octanol–water partition coefficient (Wildman–Crippen LogP) is 3.44. The van der Waals surface area contributed by atoms with Gasteiger partial charge in [-0.2, -0.15) is 0 Å². The lowest BCUT2D eigenvalue weighted by molar-refractivity contribution is -0.124. The molecule has 3 rings (SSSR count). The van der Waals surface area contributed by atoms with Gasteiger partial charge in [-0.15, -0.1) is 0 Å². The van der Waals surface area contributed by atoms with Crippen molar-refractivity contribution in [3.63, 3.8) is 0 Å². The number of pyridine rings is 1. The largest absolute Gasteiger partial charge is 0.352 e. The highest BCUT2D eigenvalue weighted by atomic mass is 79.9. The van der Waals surface area contributed by atoms with E-state index >= 15 is 0 Å². The summed E-state index contributed by atoms with van der Waals surface area (Å²) in [5, 5.41) is 6.13. The number of hydrogen-bond acceptors (Lipinski definition) is 4. The standard InChI is InChI=1S/C21H31BrN4O2/c1-14-4-3-5-18(15(14)2)24-20(27)13-26-10-8-16(9-11-26)21(28)25-19-7-6-17(22)12-23-19/h6-7,12,14-16,18H,3-5,8-11,13H2,1-2H3,(H,24,27)(H,23,25,28). The number of nitrogens with one attached hydrogen (secondary N) is 2. The van der Waals surface area contributed by atoms with Gasteiger partial charge in [-0.25, -0.2) is 4.98 Å². The molecular weight excluding hydrogens is 420 g/mol. The normalized spacial score (nSPS) is 26.6. The molecule has 2 fully saturated rings. The van der Waals surface area contributed by atoms with Gasteiger partial charge < -0.3 is 10.6 Å². The maximum absolute atomic E-state index is 12.5. The third-order valence-electron chi connectivity index (χ3n) is 6.36. The van der Waals surface area contributed by atoms with Gasteiger partial charge in [-0.05, 0) is 72.3 Å². The van der Waals surface area contributed by atoms with E-state index in [1.54, 1.807) is 12.3 Å². The number of piperidine rings is 1. The second-order valence-electron chi connectivity index (χ2n) is 8.34. The van der Waals surface area contributed by atoms with Crippen LogP contribution >= 0.6 is 15.9 Å². The first kappa shape index (κ1) is 21.2. The van der Waals surface area contributed by atoms with E-state index in [-0.39, 0.29) is 17.7 Å². The van der Waals surface area contributed by atoms with Crippen molar-refractivity contribution < 1.29 is 9.59 Å². The zero-order valence-corrected chi connectivity index (χ0v) is 18.4. The number of carbonyl (C=O) groups excluding carboxylic acids is 2. The molecule has 28 heavy (non-hydrogen) atoms. The number of anilines is 1. The first-order valence-electron chi connectivity index (χ1n) is 10.4. The SMILES string of the molecule is CC1CCCC(NC(=O)CN2CCC(C(=O)Nc3ccc(Br)cn3)CC2)C1C. The summed E-state index contributed by atoms with van der Waals surface area (Å²) >= 11 is 3.34. The molecule has 2 heterocycles.